The summed E-state index contributed by atoms with van der Waals surface area (Å²) in [6.07, 6.45) is 0. The molecule has 0 atom stereocenters. The minimum absolute atomic E-state index is 0. The van der Waals surface area contributed by atoms with E-state index in [1.165, 1.54) is 12.1 Å². The molecular weight excluding hydrogens is 950 g/mol. The highest BCUT2D eigenvalue weighted by Crippen LogP contribution is 2.40. The smallest absolute Gasteiger partial charge is 0.325 e. The summed E-state index contributed by atoms with van der Waals surface area (Å²) in [4.78, 5) is 52.2. The number of hydrogen-bond acceptors (Lipinski definition) is 12. The van der Waals surface area contributed by atoms with Gasteiger partial charge in [-0.1, -0.05) is 69.6 Å². The number of nitrogens with two attached hydrogens (primary N) is 1. The normalized spacial score (nSPS) is 13.6. The van der Waals surface area contributed by atoms with Gasteiger partial charge in [0, 0.05) is 36.0 Å². The number of hydrogen-bond donors (Lipinski definition) is 4. The van der Waals surface area contributed by atoms with Crippen molar-refractivity contribution in [1.29, 1.82) is 0 Å². The van der Waals surface area contributed by atoms with Crippen molar-refractivity contribution >= 4 is 135 Å². The minimum atomic E-state index is -1.00. The number of aliphatic imine (C=N–C) groups is 1. The molecule has 3 aromatic carbocycles. The van der Waals surface area contributed by atoms with E-state index in [1.54, 1.807) is 59.7 Å². The van der Waals surface area contributed by atoms with Crippen molar-refractivity contribution in [3.8, 4) is 0 Å². The molecule has 1 fully saturated rings. The topological polar surface area (TPSA) is 191 Å². The number of anilines is 1. The molecule has 0 radical (unpaired) electrons. The van der Waals surface area contributed by atoms with E-state index < -0.39 is 27.5 Å². The van der Waals surface area contributed by atoms with Gasteiger partial charge in [-0.3, -0.25) is 40.4 Å². The number of ether oxygens (including phenoxy) is 2. The lowest BCUT2D eigenvalue weighted by molar-refractivity contribution is -0.385. The number of nitro groups is 1. The van der Waals surface area contributed by atoms with Crippen LogP contribution in [0.3, 0.4) is 0 Å². The second-order valence-corrected chi connectivity index (χ2v) is 16.7. The Kier molecular flexibility index (Phi) is 21.0. The van der Waals surface area contributed by atoms with Gasteiger partial charge in [0.15, 0.2) is 0 Å². The highest BCUT2D eigenvalue weighted by Gasteiger charge is 2.46. The molecule has 2 heterocycles. The predicted octanol–water partition coefficient (Wildman–Crippen LogP) is 9.89. The largest absolute Gasteiger partial charge is 0.465 e. The fourth-order valence-corrected chi connectivity index (χ4v) is 6.49. The Labute approximate surface area is 391 Å². The van der Waals surface area contributed by atoms with E-state index in [0.29, 0.717) is 57.0 Å². The summed E-state index contributed by atoms with van der Waals surface area (Å²) < 4.78 is 9.92. The fraction of sp³-hybridized carbons (Fsp3) is 0.421. The van der Waals surface area contributed by atoms with Crippen molar-refractivity contribution in [2.45, 2.75) is 91.6 Å². The highest BCUT2D eigenvalue weighted by molar-refractivity contribution is 6.43. The van der Waals surface area contributed by atoms with Crippen molar-refractivity contribution in [2.75, 3.05) is 18.9 Å². The Bertz CT molecular complexity index is 2100. The van der Waals surface area contributed by atoms with Gasteiger partial charge in [-0.2, -0.15) is 0 Å². The number of esters is 2. The standard InChI is InChI=1S/C13H16Cl2N2O4.C13H18Cl2N2O2.C12H11Cl2N3O.2ClH/c1-4-21-12(18)13(2,3)16-7-8-10(17(19)20)6-5-9(14)11(8)15;1-4-19-12(18)13(2,3)17-7-8-10(16)6-5-9(14)11(8)15;1-12(2)10(18)16-11-15-8-4-3-7(13)9(14)6(8)5-17(11)12;;/h5-6,16H,4,7H2,1-3H3;5-6,17H,4,7,16H2,1-3H3;3-4H,5H2,1-2H3,(H,15,16,18);2*1H. The van der Waals surface area contributed by atoms with Crippen LogP contribution in [0.1, 0.15) is 72.1 Å². The third kappa shape index (κ3) is 13.2. The number of nitrogens with zero attached hydrogens (tertiary/aromatic N) is 3. The van der Waals surface area contributed by atoms with Crippen LogP contribution in [0.4, 0.5) is 17.1 Å². The molecule has 60 heavy (non-hydrogen) atoms. The molecular formula is C38H47Cl8N7O7. The SMILES string of the molecule is CC1(C)C(=O)NC2=Nc3ccc(Cl)c(Cl)c3CN21.CCOC(=O)C(C)(C)NCc1c(N)ccc(Cl)c1Cl.CCOC(=O)C(C)(C)NCc1c([N+](=O)[O-])ccc(Cl)c1Cl.Cl.Cl. The number of carbonyl (C=O) groups excluding carboxylic acids is 3. The van der Waals surface area contributed by atoms with E-state index in [2.05, 4.69) is 20.9 Å². The molecule has 2 aliphatic rings. The zero-order chi connectivity index (χ0) is 43.9. The predicted molar refractivity (Wildman–Crippen MR) is 245 cm³/mol. The molecule has 22 heteroatoms. The second-order valence-electron chi connectivity index (χ2n) is 14.3. The Morgan fingerprint density at radius 3 is 1.78 bits per heavy atom. The number of halogens is 8. The third-order valence-electron chi connectivity index (χ3n) is 9.01. The first-order valence-corrected chi connectivity index (χ1v) is 20.0. The quantitative estimate of drug-likeness (QED) is 0.0619. The van der Waals surface area contributed by atoms with E-state index >= 15 is 0 Å². The van der Waals surface area contributed by atoms with E-state index in [9.17, 15) is 24.5 Å². The van der Waals surface area contributed by atoms with Crippen LogP contribution in [0, 0.1) is 10.1 Å². The molecule has 5 rings (SSSR count). The maximum absolute atomic E-state index is 11.9. The minimum Gasteiger partial charge on any atom is -0.465 e. The summed E-state index contributed by atoms with van der Waals surface area (Å²) in [5.41, 5.74) is 6.29. The Hall–Kier alpha value is -3.02. The van der Waals surface area contributed by atoms with E-state index in [0.717, 1.165) is 11.3 Å². The van der Waals surface area contributed by atoms with Gasteiger partial charge in [-0.15, -0.1) is 24.8 Å². The van der Waals surface area contributed by atoms with Crippen LogP contribution < -0.4 is 21.7 Å². The first-order valence-electron chi connectivity index (χ1n) is 17.7. The Morgan fingerprint density at radius 1 is 0.833 bits per heavy atom. The molecule has 332 valence electrons. The molecule has 0 aromatic heterocycles. The number of nitro benzene ring substituents is 1. The van der Waals surface area contributed by atoms with Gasteiger partial charge in [-0.25, -0.2) is 4.99 Å². The molecule has 1 saturated heterocycles. The van der Waals surface area contributed by atoms with Gasteiger partial charge in [0.05, 0.1) is 66.1 Å². The van der Waals surface area contributed by atoms with E-state index in [-0.39, 0.29) is 71.1 Å². The van der Waals surface area contributed by atoms with Crippen molar-refractivity contribution < 1.29 is 28.8 Å². The molecule has 1 amide bonds. The van der Waals surface area contributed by atoms with Crippen LogP contribution in [-0.4, -0.2) is 63.5 Å². The third-order valence-corrected chi connectivity index (χ3v) is 11.5. The second kappa shape index (κ2) is 22.9. The number of carbonyl (C=O) groups is 3. The van der Waals surface area contributed by atoms with Crippen LogP contribution in [0.25, 0.3) is 0 Å². The first kappa shape index (κ1) is 55.0. The van der Waals surface area contributed by atoms with Gasteiger partial charge >= 0.3 is 11.9 Å². The summed E-state index contributed by atoms with van der Waals surface area (Å²) in [6, 6.07) is 9.49. The van der Waals surface area contributed by atoms with E-state index in [4.69, 9.17) is 84.8 Å². The maximum Gasteiger partial charge on any atom is 0.325 e. The molecule has 14 nitrogen and oxygen atoms in total. The van der Waals surface area contributed by atoms with Gasteiger partial charge < -0.3 is 20.1 Å². The summed E-state index contributed by atoms with van der Waals surface area (Å²) >= 11 is 36.1. The number of guanidine groups is 1. The highest BCUT2D eigenvalue weighted by atomic mass is 35.5. The van der Waals surface area contributed by atoms with Gasteiger partial charge in [0.25, 0.3) is 11.6 Å². The molecule has 5 N–H and O–H groups in total. The van der Waals surface area contributed by atoms with Gasteiger partial charge in [0.2, 0.25) is 5.96 Å². The van der Waals surface area contributed by atoms with Crippen molar-refractivity contribution in [3.05, 3.63) is 93.3 Å². The number of nitrogens with one attached hydrogen (secondary N) is 3. The molecule has 2 aliphatic heterocycles. The average molecular weight is 997 g/mol. The summed E-state index contributed by atoms with van der Waals surface area (Å²) in [7, 11) is 0. The number of fused-ring (bicyclic) bond motifs is 2. The monoisotopic (exact) mass is 993 g/mol. The number of amides is 1. The van der Waals surface area contributed by atoms with Crippen molar-refractivity contribution in [2.24, 2.45) is 4.99 Å². The lowest BCUT2D eigenvalue weighted by Gasteiger charge is -2.33. The maximum atomic E-state index is 11.9. The van der Waals surface area contributed by atoms with Gasteiger partial charge in [0.1, 0.15) is 16.6 Å². The van der Waals surface area contributed by atoms with Crippen molar-refractivity contribution in [3.63, 3.8) is 0 Å². The van der Waals surface area contributed by atoms with Crippen LogP contribution >= 0.6 is 94.4 Å². The zero-order valence-electron chi connectivity index (χ0n) is 33.9. The van der Waals surface area contributed by atoms with Crippen LogP contribution in [-0.2, 0) is 43.5 Å². The Morgan fingerprint density at radius 2 is 1.28 bits per heavy atom. The molecule has 0 bridgehead atoms. The zero-order valence-corrected chi connectivity index (χ0v) is 40.0. The average Bonchev–Trinajstić information content (AvgIpc) is 3.37. The number of nitrogen functional groups attached to an aromatic ring is 1. The first-order chi connectivity index (χ1) is 26.9. The Balaban J connectivity index is 0.000000443. The summed E-state index contributed by atoms with van der Waals surface area (Å²) in [5.74, 6) is -0.260. The van der Waals surface area contributed by atoms with Crippen molar-refractivity contribution in [1.82, 2.24) is 20.9 Å². The van der Waals surface area contributed by atoms with E-state index in [1.807, 2.05) is 24.8 Å². The van der Waals surface area contributed by atoms with Gasteiger partial charge in [-0.05, 0) is 85.7 Å². The summed E-state index contributed by atoms with van der Waals surface area (Å²) in [6.45, 7) is 15.3. The lowest BCUT2D eigenvalue weighted by Crippen LogP contribution is -2.47. The molecule has 3 aromatic rings. The van der Waals surface area contributed by atoms with Crippen LogP contribution in [0.15, 0.2) is 41.4 Å². The number of rotatable bonds is 11. The number of benzene rings is 3. The molecule has 0 aliphatic carbocycles. The molecule has 0 unspecified atom stereocenters. The lowest BCUT2D eigenvalue weighted by atomic mass is 10.0. The fourth-order valence-electron chi connectivity index (χ4n) is 5.27. The van der Waals surface area contributed by atoms with Crippen LogP contribution in [0.2, 0.25) is 30.1 Å². The molecule has 0 saturated carbocycles. The molecule has 0 spiro atoms. The van der Waals surface area contributed by atoms with Crippen LogP contribution in [0.5, 0.6) is 0 Å². The summed E-state index contributed by atoms with van der Waals surface area (Å²) in [5, 5.41) is 21.9.